The van der Waals surface area contributed by atoms with Crippen LogP contribution in [0.4, 0.5) is 0 Å². The summed E-state index contributed by atoms with van der Waals surface area (Å²) >= 11 is 0. The van der Waals surface area contributed by atoms with Crippen molar-refractivity contribution in [1.29, 1.82) is 0 Å². The van der Waals surface area contributed by atoms with E-state index < -0.39 is 0 Å². The van der Waals surface area contributed by atoms with E-state index in [2.05, 4.69) is 48.3 Å². The Morgan fingerprint density at radius 3 is 2.73 bits per heavy atom. The van der Waals surface area contributed by atoms with Gasteiger partial charge in [-0.3, -0.25) is 4.79 Å². The molecule has 3 heteroatoms. The summed E-state index contributed by atoms with van der Waals surface area (Å²) in [6, 6.07) is 10.5. The first-order chi connectivity index (χ1) is 12.6. The van der Waals surface area contributed by atoms with Gasteiger partial charge in [0.05, 0.1) is 5.54 Å². The lowest BCUT2D eigenvalue weighted by atomic mass is 9.82. The third-order valence-electron chi connectivity index (χ3n) is 7.15. The SMILES string of the molecule is CC1C(C(=O)NC2(C)CCN(CCCC3CCC3)C2)C1c1ccccc1. The zero-order chi connectivity index (χ0) is 18.1. The Kier molecular flexibility index (Phi) is 5.09. The van der Waals surface area contributed by atoms with Gasteiger partial charge in [-0.2, -0.15) is 0 Å². The minimum Gasteiger partial charge on any atom is -0.349 e. The van der Waals surface area contributed by atoms with Crippen LogP contribution in [0.2, 0.25) is 0 Å². The maximum Gasteiger partial charge on any atom is 0.224 e. The Hall–Kier alpha value is -1.35. The van der Waals surface area contributed by atoms with Crippen molar-refractivity contribution in [3.8, 4) is 0 Å². The molecule has 2 saturated carbocycles. The van der Waals surface area contributed by atoms with E-state index in [1.54, 1.807) is 0 Å². The summed E-state index contributed by atoms with van der Waals surface area (Å²) in [4.78, 5) is 15.4. The maximum atomic E-state index is 12.9. The molecule has 3 aliphatic rings. The van der Waals surface area contributed by atoms with Crippen LogP contribution in [0.1, 0.15) is 63.9 Å². The molecule has 3 fully saturated rings. The molecule has 4 unspecified atom stereocenters. The first-order valence-corrected chi connectivity index (χ1v) is 10.7. The largest absolute Gasteiger partial charge is 0.349 e. The standard InChI is InChI=1S/C23H34N2O/c1-17-20(19-11-4-3-5-12-19)21(17)22(26)24-23(2)13-15-25(16-23)14-7-10-18-8-6-9-18/h3-5,11-12,17-18,20-21H,6-10,13-16H2,1-2H3,(H,24,26). The fraction of sp³-hybridized carbons (Fsp3) is 0.696. The molecule has 1 aromatic carbocycles. The Morgan fingerprint density at radius 1 is 1.27 bits per heavy atom. The molecule has 4 atom stereocenters. The van der Waals surface area contributed by atoms with Gasteiger partial charge < -0.3 is 10.2 Å². The van der Waals surface area contributed by atoms with Crippen LogP contribution in [0.5, 0.6) is 0 Å². The lowest BCUT2D eigenvalue weighted by Gasteiger charge is -2.28. The Bertz CT molecular complexity index is 626. The van der Waals surface area contributed by atoms with Gasteiger partial charge in [0.15, 0.2) is 0 Å². The van der Waals surface area contributed by atoms with E-state index in [0.29, 0.717) is 11.8 Å². The molecule has 0 radical (unpaired) electrons. The summed E-state index contributed by atoms with van der Waals surface area (Å²) in [5.74, 6) is 2.29. The topological polar surface area (TPSA) is 32.3 Å². The highest BCUT2D eigenvalue weighted by atomic mass is 16.2. The van der Waals surface area contributed by atoms with E-state index in [4.69, 9.17) is 0 Å². The minimum atomic E-state index is -0.0445. The van der Waals surface area contributed by atoms with Gasteiger partial charge in [-0.25, -0.2) is 0 Å². The predicted octanol–water partition coefficient (Wildman–Crippen LogP) is 4.20. The number of carbonyl (C=O) groups excluding carboxylic acids is 1. The summed E-state index contributed by atoms with van der Waals surface area (Å²) in [5, 5.41) is 3.42. The Balaban J connectivity index is 1.25. The molecule has 1 N–H and O–H groups in total. The third kappa shape index (κ3) is 3.83. The van der Waals surface area contributed by atoms with E-state index in [0.717, 1.165) is 25.4 Å². The number of benzene rings is 1. The van der Waals surface area contributed by atoms with Crippen molar-refractivity contribution < 1.29 is 4.79 Å². The van der Waals surface area contributed by atoms with Crippen molar-refractivity contribution >= 4 is 5.91 Å². The third-order valence-corrected chi connectivity index (χ3v) is 7.15. The number of nitrogens with one attached hydrogen (secondary N) is 1. The van der Waals surface area contributed by atoms with Crippen LogP contribution in [0.3, 0.4) is 0 Å². The molecule has 1 heterocycles. The van der Waals surface area contributed by atoms with Gasteiger partial charge in [-0.1, -0.05) is 56.5 Å². The van der Waals surface area contributed by atoms with Crippen molar-refractivity contribution in [3.05, 3.63) is 35.9 Å². The predicted molar refractivity (Wildman–Crippen MR) is 106 cm³/mol. The molecule has 4 rings (SSSR count). The Morgan fingerprint density at radius 2 is 2.04 bits per heavy atom. The van der Waals surface area contributed by atoms with E-state index >= 15 is 0 Å². The normalized spacial score (nSPS) is 34.5. The molecule has 26 heavy (non-hydrogen) atoms. The lowest BCUT2D eigenvalue weighted by Crippen LogP contribution is -2.48. The van der Waals surface area contributed by atoms with Crippen molar-refractivity contribution in [1.82, 2.24) is 10.2 Å². The zero-order valence-corrected chi connectivity index (χ0v) is 16.4. The van der Waals surface area contributed by atoms with Crippen molar-refractivity contribution in [2.45, 2.75) is 63.8 Å². The summed E-state index contributed by atoms with van der Waals surface area (Å²) in [6.45, 7) is 7.80. The van der Waals surface area contributed by atoms with Gasteiger partial charge in [0, 0.05) is 19.0 Å². The average molecular weight is 355 g/mol. The highest BCUT2D eigenvalue weighted by molar-refractivity contribution is 5.84. The number of rotatable bonds is 7. The second-order valence-corrected chi connectivity index (χ2v) is 9.34. The molecule has 1 saturated heterocycles. The molecule has 1 amide bonds. The minimum absolute atomic E-state index is 0.0445. The van der Waals surface area contributed by atoms with Crippen molar-refractivity contribution in [3.63, 3.8) is 0 Å². The van der Waals surface area contributed by atoms with Crippen LogP contribution in [0, 0.1) is 17.8 Å². The average Bonchev–Trinajstić information content (AvgIpc) is 3.13. The smallest absolute Gasteiger partial charge is 0.224 e. The highest BCUT2D eigenvalue weighted by Crippen LogP contribution is 2.53. The molecule has 1 aliphatic heterocycles. The first kappa shape index (κ1) is 18.0. The monoisotopic (exact) mass is 354 g/mol. The van der Waals surface area contributed by atoms with E-state index in [1.165, 1.54) is 44.2 Å². The van der Waals surface area contributed by atoms with Gasteiger partial charge >= 0.3 is 0 Å². The number of amides is 1. The van der Waals surface area contributed by atoms with Crippen LogP contribution in [0.15, 0.2) is 30.3 Å². The second kappa shape index (κ2) is 7.34. The maximum absolute atomic E-state index is 12.9. The second-order valence-electron chi connectivity index (χ2n) is 9.34. The van der Waals surface area contributed by atoms with E-state index in [9.17, 15) is 4.79 Å². The quantitative estimate of drug-likeness (QED) is 0.796. The van der Waals surface area contributed by atoms with Crippen molar-refractivity contribution in [2.24, 2.45) is 17.8 Å². The van der Waals surface area contributed by atoms with Gasteiger partial charge in [0.25, 0.3) is 0 Å². The zero-order valence-electron chi connectivity index (χ0n) is 16.4. The number of likely N-dealkylation sites (tertiary alicyclic amines) is 1. The molecule has 0 aromatic heterocycles. The fourth-order valence-corrected chi connectivity index (χ4v) is 5.17. The van der Waals surface area contributed by atoms with Crippen LogP contribution in [-0.4, -0.2) is 36.0 Å². The van der Waals surface area contributed by atoms with Crippen LogP contribution in [-0.2, 0) is 4.79 Å². The van der Waals surface area contributed by atoms with Gasteiger partial charge in [-0.15, -0.1) is 0 Å². The van der Waals surface area contributed by atoms with E-state index in [-0.39, 0.29) is 17.4 Å². The summed E-state index contributed by atoms with van der Waals surface area (Å²) in [6.07, 6.45) is 8.16. The number of hydrogen-bond donors (Lipinski definition) is 1. The summed E-state index contributed by atoms with van der Waals surface area (Å²) in [7, 11) is 0. The van der Waals surface area contributed by atoms with Crippen molar-refractivity contribution in [2.75, 3.05) is 19.6 Å². The molecule has 2 aliphatic carbocycles. The molecular formula is C23H34N2O. The van der Waals surface area contributed by atoms with Crippen LogP contribution < -0.4 is 5.32 Å². The molecule has 1 aromatic rings. The number of nitrogens with zero attached hydrogens (tertiary/aromatic N) is 1. The van der Waals surface area contributed by atoms with Gasteiger partial charge in [-0.05, 0) is 56.0 Å². The summed E-state index contributed by atoms with van der Waals surface area (Å²) in [5.41, 5.74) is 1.27. The number of carbonyl (C=O) groups is 1. The molecular weight excluding hydrogens is 320 g/mol. The van der Waals surface area contributed by atoms with Gasteiger partial charge in [0.1, 0.15) is 0 Å². The van der Waals surface area contributed by atoms with Gasteiger partial charge in [0.2, 0.25) is 5.91 Å². The highest BCUT2D eigenvalue weighted by Gasteiger charge is 2.53. The van der Waals surface area contributed by atoms with Crippen LogP contribution >= 0.6 is 0 Å². The Labute approximate surface area is 158 Å². The molecule has 142 valence electrons. The molecule has 0 bridgehead atoms. The van der Waals surface area contributed by atoms with E-state index in [1.807, 2.05) is 6.07 Å². The fourth-order valence-electron chi connectivity index (χ4n) is 5.17. The number of hydrogen-bond acceptors (Lipinski definition) is 2. The first-order valence-electron chi connectivity index (χ1n) is 10.7. The molecule has 3 nitrogen and oxygen atoms in total. The molecule has 0 spiro atoms. The summed E-state index contributed by atoms with van der Waals surface area (Å²) < 4.78 is 0. The van der Waals surface area contributed by atoms with Crippen LogP contribution in [0.25, 0.3) is 0 Å². The lowest BCUT2D eigenvalue weighted by molar-refractivity contribution is -0.124.